The summed E-state index contributed by atoms with van der Waals surface area (Å²) in [6.07, 6.45) is 0. The van der Waals surface area contributed by atoms with Crippen LogP contribution < -0.4 is 4.90 Å². The van der Waals surface area contributed by atoms with Gasteiger partial charge in [0, 0.05) is 50.0 Å². The molecular weight excluding hydrogens is 729 g/mol. The van der Waals surface area contributed by atoms with Crippen molar-refractivity contribution in [2.24, 2.45) is 0 Å². The van der Waals surface area contributed by atoms with E-state index in [1.54, 1.807) is 0 Å². The molecule has 0 saturated carbocycles. The van der Waals surface area contributed by atoms with Crippen LogP contribution in [0.25, 0.3) is 83.3 Å². The second-order valence-electron chi connectivity index (χ2n) is 15.0. The SMILES string of the molecule is c1ccc(-c2ccc(N(c3ccccc3)c3ccc(-n4c5ccccc5c5cc(-c6cccc(-c7nc(-c8ccccc8)c8ccccc8n7)c6)ccc54)cc3)cc2)cc1. The molecule has 2 aromatic heterocycles. The number of para-hydroxylation sites is 3. The molecule has 0 fully saturated rings. The third-order valence-electron chi connectivity index (χ3n) is 11.4. The molecule has 9 aromatic carbocycles. The summed E-state index contributed by atoms with van der Waals surface area (Å²) in [5.41, 5.74) is 15.3. The van der Waals surface area contributed by atoms with Crippen LogP contribution in [0.1, 0.15) is 0 Å². The summed E-state index contributed by atoms with van der Waals surface area (Å²) in [5, 5.41) is 3.46. The molecule has 0 bridgehead atoms. The van der Waals surface area contributed by atoms with Crippen molar-refractivity contribution in [2.75, 3.05) is 4.90 Å². The van der Waals surface area contributed by atoms with Gasteiger partial charge in [-0.2, -0.15) is 0 Å². The summed E-state index contributed by atoms with van der Waals surface area (Å²) in [4.78, 5) is 12.5. The Morgan fingerprint density at radius 3 is 1.58 bits per heavy atom. The van der Waals surface area contributed by atoms with E-state index in [1.807, 2.05) is 18.2 Å². The van der Waals surface area contributed by atoms with Gasteiger partial charge in [0.05, 0.1) is 22.2 Å². The van der Waals surface area contributed by atoms with E-state index < -0.39 is 0 Å². The van der Waals surface area contributed by atoms with Crippen molar-refractivity contribution >= 4 is 49.8 Å². The fraction of sp³-hybridized carbons (Fsp3) is 0. The second kappa shape index (κ2) is 15.0. The molecule has 0 amide bonds. The molecule has 0 saturated heterocycles. The van der Waals surface area contributed by atoms with Crippen LogP contribution in [0.15, 0.2) is 231 Å². The lowest BCUT2D eigenvalue weighted by Gasteiger charge is -2.26. The monoisotopic (exact) mass is 766 g/mol. The van der Waals surface area contributed by atoms with Crippen LogP contribution in [0.5, 0.6) is 0 Å². The topological polar surface area (TPSA) is 34.0 Å². The second-order valence-corrected chi connectivity index (χ2v) is 15.0. The Labute approximate surface area is 348 Å². The quantitative estimate of drug-likeness (QED) is 0.154. The van der Waals surface area contributed by atoms with Crippen molar-refractivity contribution in [3.63, 3.8) is 0 Å². The molecule has 11 rings (SSSR count). The van der Waals surface area contributed by atoms with Crippen LogP contribution in [0.4, 0.5) is 17.1 Å². The molecule has 0 aliphatic heterocycles. The van der Waals surface area contributed by atoms with Crippen molar-refractivity contribution in [1.29, 1.82) is 0 Å². The summed E-state index contributed by atoms with van der Waals surface area (Å²) in [6, 6.07) is 81.6. The molecule has 0 radical (unpaired) electrons. The first-order valence-corrected chi connectivity index (χ1v) is 20.3. The largest absolute Gasteiger partial charge is 0.311 e. The Morgan fingerprint density at radius 1 is 0.317 bits per heavy atom. The van der Waals surface area contributed by atoms with Crippen LogP contribution in [-0.2, 0) is 0 Å². The third kappa shape index (κ3) is 6.37. The summed E-state index contributed by atoms with van der Waals surface area (Å²) in [5.74, 6) is 0.713. The van der Waals surface area contributed by atoms with Gasteiger partial charge in [-0.05, 0) is 101 Å². The summed E-state index contributed by atoms with van der Waals surface area (Å²) >= 11 is 0. The average Bonchev–Trinajstić information content (AvgIpc) is 3.66. The number of rotatable bonds is 8. The predicted molar refractivity (Wildman–Crippen MR) is 250 cm³/mol. The molecule has 0 unspecified atom stereocenters. The third-order valence-corrected chi connectivity index (χ3v) is 11.4. The molecule has 2 heterocycles. The number of fused-ring (bicyclic) bond motifs is 4. The van der Waals surface area contributed by atoms with E-state index in [2.05, 4.69) is 222 Å². The smallest absolute Gasteiger partial charge is 0.160 e. The van der Waals surface area contributed by atoms with Gasteiger partial charge in [-0.3, -0.25) is 0 Å². The Balaban J connectivity index is 0.963. The van der Waals surface area contributed by atoms with E-state index in [-0.39, 0.29) is 0 Å². The Hall–Kier alpha value is -8.08. The lowest BCUT2D eigenvalue weighted by Crippen LogP contribution is -2.10. The van der Waals surface area contributed by atoms with Crippen LogP contribution in [0, 0.1) is 0 Å². The van der Waals surface area contributed by atoms with Gasteiger partial charge in [0.15, 0.2) is 5.82 Å². The number of nitrogens with zero attached hydrogens (tertiary/aromatic N) is 4. The standard InChI is InChI=1S/C56H38N4/c1-4-15-39(16-5-1)40-27-30-46(31-28-40)59(45-21-8-3-9-22-45)47-32-34-48(35-33-47)60-53-26-13-11-23-49(53)51-38-43(29-36-54(51)60)42-19-14-20-44(37-42)56-57-52-25-12-10-24-50(52)55(58-56)41-17-6-2-7-18-41/h1-38H. The van der Waals surface area contributed by atoms with E-state index in [1.165, 1.54) is 27.4 Å². The van der Waals surface area contributed by atoms with Gasteiger partial charge in [-0.1, -0.05) is 152 Å². The van der Waals surface area contributed by atoms with E-state index >= 15 is 0 Å². The number of hydrogen-bond donors (Lipinski definition) is 0. The normalized spacial score (nSPS) is 11.3. The zero-order valence-corrected chi connectivity index (χ0v) is 32.7. The highest BCUT2D eigenvalue weighted by atomic mass is 15.1. The first kappa shape index (κ1) is 35.1. The molecule has 60 heavy (non-hydrogen) atoms. The maximum atomic E-state index is 5.15. The van der Waals surface area contributed by atoms with E-state index in [0.29, 0.717) is 5.82 Å². The maximum Gasteiger partial charge on any atom is 0.160 e. The molecule has 282 valence electrons. The van der Waals surface area contributed by atoms with E-state index in [4.69, 9.17) is 9.97 Å². The number of aromatic nitrogens is 3. The van der Waals surface area contributed by atoms with Crippen molar-refractivity contribution in [2.45, 2.75) is 0 Å². The lowest BCUT2D eigenvalue weighted by molar-refractivity contribution is 1.17. The number of hydrogen-bond acceptors (Lipinski definition) is 3. The first-order chi connectivity index (χ1) is 29.7. The molecule has 4 nitrogen and oxygen atoms in total. The van der Waals surface area contributed by atoms with Gasteiger partial charge < -0.3 is 9.47 Å². The highest BCUT2D eigenvalue weighted by Gasteiger charge is 2.17. The minimum Gasteiger partial charge on any atom is -0.311 e. The van der Waals surface area contributed by atoms with E-state index in [9.17, 15) is 0 Å². The fourth-order valence-electron chi connectivity index (χ4n) is 8.50. The minimum absolute atomic E-state index is 0.713. The molecule has 11 aromatic rings. The van der Waals surface area contributed by atoms with Crippen molar-refractivity contribution < 1.29 is 0 Å². The van der Waals surface area contributed by atoms with Gasteiger partial charge in [0.25, 0.3) is 0 Å². The predicted octanol–water partition coefficient (Wildman–Crippen LogP) is 14.9. The number of anilines is 3. The van der Waals surface area contributed by atoms with E-state index in [0.717, 1.165) is 67.1 Å². The minimum atomic E-state index is 0.713. The van der Waals surface area contributed by atoms with Crippen LogP contribution in [0.3, 0.4) is 0 Å². The van der Waals surface area contributed by atoms with Crippen molar-refractivity contribution in [1.82, 2.24) is 14.5 Å². The molecule has 4 heteroatoms. The zero-order valence-electron chi connectivity index (χ0n) is 32.7. The van der Waals surface area contributed by atoms with Gasteiger partial charge in [0.1, 0.15) is 0 Å². The number of benzene rings is 9. The van der Waals surface area contributed by atoms with Crippen molar-refractivity contribution in [3.8, 4) is 50.6 Å². The Morgan fingerprint density at radius 2 is 0.833 bits per heavy atom. The van der Waals surface area contributed by atoms with Gasteiger partial charge >= 0.3 is 0 Å². The highest BCUT2D eigenvalue weighted by molar-refractivity contribution is 6.10. The highest BCUT2D eigenvalue weighted by Crippen LogP contribution is 2.39. The Bertz CT molecular complexity index is 3280. The molecule has 0 atom stereocenters. The summed E-state index contributed by atoms with van der Waals surface area (Å²) < 4.78 is 2.38. The summed E-state index contributed by atoms with van der Waals surface area (Å²) in [7, 11) is 0. The fourth-order valence-corrected chi connectivity index (χ4v) is 8.50. The molecule has 0 aliphatic rings. The molecule has 0 aliphatic carbocycles. The maximum absolute atomic E-state index is 5.15. The average molecular weight is 767 g/mol. The van der Waals surface area contributed by atoms with Gasteiger partial charge in [0.2, 0.25) is 0 Å². The molecule has 0 N–H and O–H groups in total. The van der Waals surface area contributed by atoms with Crippen LogP contribution in [-0.4, -0.2) is 14.5 Å². The first-order valence-electron chi connectivity index (χ1n) is 20.3. The van der Waals surface area contributed by atoms with Crippen LogP contribution in [0.2, 0.25) is 0 Å². The van der Waals surface area contributed by atoms with Crippen molar-refractivity contribution in [3.05, 3.63) is 231 Å². The van der Waals surface area contributed by atoms with Gasteiger partial charge in [-0.15, -0.1) is 0 Å². The summed E-state index contributed by atoms with van der Waals surface area (Å²) in [6.45, 7) is 0. The Kier molecular flexibility index (Phi) is 8.79. The molecular formula is C56H38N4. The van der Waals surface area contributed by atoms with Gasteiger partial charge in [-0.25, -0.2) is 9.97 Å². The zero-order chi connectivity index (χ0) is 39.8. The molecule has 0 spiro atoms. The lowest BCUT2D eigenvalue weighted by atomic mass is 10.00. The van der Waals surface area contributed by atoms with Crippen LogP contribution >= 0.6 is 0 Å².